The molecule has 0 saturated carbocycles. The molecule has 2 rings (SSSR count). The van der Waals surface area contributed by atoms with Crippen LogP contribution in [-0.2, 0) is 4.79 Å². The average molecular weight is 337 g/mol. The molecule has 0 N–H and O–H groups in total. The summed E-state index contributed by atoms with van der Waals surface area (Å²) >= 11 is 3.16. The van der Waals surface area contributed by atoms with Crippen LogP contribution in [0.3, 0.4) is 0 Å². The molecule has 20 heavy (non-hydrogen) atoms. The van der Waals surface area contributed by atoms with E-state index in [0.29, 0.717) is 23.9 Å². The van der Waals surface area contributed by atoms with E-state index in [2.05, 4.69) is 32.9 Å². The SMILES string of the molecule is CCC#CCN1N=C(c2ccc(F)c(Br)c2)CCC1=O. The van der Waals surface area contributed by atoms with E-state index in [1.165, 1.54) is 11.1 Å². The molecule has 5 heteroatoms. The van der Waals surface area contributed by atoms with E-state index < -0.39 is 0 Å². The predicted octanol–water partition coefficient (Wildman–Crippen LogP) is 3.33. The number of benzene rings is 1. The molecule has 0 radical (unpaired) electrons. The van der Waals surface area contributed by atoms with Crippen molar-refractivity contribution in [1.82, 2.24) is 5.01 Å². The largest absolute Gasteiger partial charge is 0.273 e. The van der Waals surface area contributed by atoms with Crippen molar-refractivity contribution in [3.8, 4) is 11.8 Å². The van der Waals surface area contributed by atoms with Crippen LogP contribution >= 0.6 is 15.9 Å². The van der Waals surface area contributed by atoms with Crippen LogP contribution in [0.1, 0.15) is 31.7 Å². The molecule has 104 valence electrons. The monoisotopic (exact) mass is 336 g/mol. The number of hydrogen-bond donors (Lipinski definition) is 0. The molecular formula is C15H14BrFN2O. The third-order valence-corrected chi connectivity index (χ3v) is 3.50. The molecular weight excluding hydrogens is 323 g/mol. The Hall–Kier alpha value is -1.67. The molecule has 0 bridgehead atoms. The van der Waals surface area contributed by atoms with Crippen LogP contribution in [0.4, 0.5) is 4.39 Å². The summed E-state index contributed by atoms with van der Waals surface area (Å²) in [5, 5.41) is 5.72. The quantitative estimate of drug-likeness (QED) is 0.762. The van der Waals surface area contributed by atoms with Crippen LogP contribution in [0.5, 0.6) is 0 Å². The average Bonchev–Trinajstić information content (AvgIpc) is 2.44. The molecule has 0 spiro atoms. The van der Waals surface area contributed by atoms with Crippen molar-refractivity contribution in [2.45, 2.75) is 26.2 Å². The Labute approximate surface area is 126 Å². The van der Waals surface area contributed by atoms with Crippen molar-refractivity contribution in [3.63, 3.8) is 0 Å². The van der Waals surface area contributed by atoms with Gasteiger partial charge in [0.1, 0.15) is 12.4 Å². The summed E-state index contributed by atoms with van der Waals surface area (Å²) in [6, 6.07) is 4.74. The maximum atomic E-state index is 13.2. The summed E-state index contributed by atoms with van der Waals surface area (Å²) in [4.78, 5) is 11.8. The van der Waals surface area contributed by atoms with E-state index in [-0.39, 0.29) is 11.7 Å². The highest BCUT2D eigenvalue weighted by atomic mass is 79.9. The van der Waals surface area contributed by atoms with Crippen LogP contribution in [0.2, 0.25) is 0 Å². The second-order valence-corrected chi connectivity index (χ2v) is 5.19. The van der Waals surface area contributed by atoms with Crippen molar-refractivity contribution in [2.24, 2.45) is 5.10 Å². The van der Waals surface area contributed by atoms with Gasteiger partial charge in [0.25, 0.3) is 0 Å². The molecule has 0 aliphatic carbocycles. The minimum atomic E-state index is -0.313. The van der Waals surface area contributed by atoms with E-state index in [4.69, 9.17) is 0 Å². The highest BCUT2D eigenvalue weighted by molar-refractivity contribution is 9.10. The number of hydrazone groups is 1. The summed E-state index contributed by atoms with van der Waals surface area (Å²) in [7, 11) is 0. The maximum absolute atomic E-state index is 13.2. The molecule has 1 aliphatic rings. The lowest BCUT2D eigenvalue weighted by molar-refractivity contribution is -0.131. The van der Waals surface area contributed by atoms with Crippen LogP contribution in [0.15, 0.2) is 27.8 Å². The first-order valence-corrected chi connectivity index (χ1v) is 7.20. The van der Waals surface area contributed by atoms with Crippen LogP contribution < -0.4 is 0 Å². The van der Waals surface area contributed by atoms with Crippen molar-refractivity contribution >= 4 is 27.5 Å². The normalized spacial score (nSPS) is 14.7. The van der Waals surface area contributed by atoms with Crippen LogP contribution in [0, 0.1) is 17.7 Å². The first-order chi connectivity index (χ1) is 9.61. The minimum Gasteiger partial charge on any atom is -0.273 e. The third kappa shape index (κ3) is 3.45. The van der Waals surface area contributed by atoms with E-state index >= 15 is 0 Å². The Balaban J connectivity index is 2.24. The number of carbonyl (C=O) groups excluding carboxylic acids is 1. The second-order valence-electron chi connectivity index (χ2n) is 4.33. The molecule has 0 fully saturated rings. The molecule has 0 atom stereocenters. The summed E-state index contributed by atoms with van der Waals surface area (Å²) < 4.78 is 13.6. The molecule has 1 aromatic carbocycles. The molecule has 1 aromatic rings. The zero-order valence-corrected chi connectivity index (χ0v) is 12.7. The lowest BCUT2D eigenvalue weighted by atomic mass is 10.0. The lowest BCUT2D eigenvalue weighted by Gasteiger charge is -2.21. The van der Waals surface area contributed by atoms with Gasteiger partial charge in [-0.1, -0.05) is 18.9 Å². The fraction of sp³-hybridized carbons (Fsp3) is 0.333. The Bertz CT molecular complexity index is 616. The smallest absolute Gasteiger partial charge is 0.243 e. The first kappa shape index (κ1) is 14.7. The van der Waals surface area contributed by atoms with Gasteiger partial charge < -0.3 is 0 Å². The molecule has 1 aliphatic heterocycles. The van der Waals surface area contributed by atoms with E-state index in [9.17, 15) is 9.18 Å². The zero-order valence-electron chi connectivity index (χ0n) is 11.1. The molecule has 0 aromatic heterocycles. The van der Waals surface area contributed by atoms with Crippen molar-refractivity contribution in [1.29, 1.82) is 0 Å². The van der Waals surface area contributed by atoms with Gasteiger partial charge in [-0.3, -0.25) is 4.79 Å². The standard InChI is InChI=1S/C15H14BrFN2O/c1-2-3-4-9-19-15(20)8-7-14(18-19)11-5-6-13(17)12(16)10-11/h5-6,10H,2,7-9H2,1H3. The van der Waals surface area contributed by atoms with Crippen molar-refractivity contribution in [2.75, 3.05) is 6.54 Å². The van der Waals surface area contributed by atoms with Gasteiger partial charge in [-0.25, -0.2) is 9.40 Å². The van der Waals surface area contributed by atoms with Crippen LogP contribution in [0.25, 0.3) is 0 Å². The van der Waals surface area contributed by atoms with E-state index in [0.717, 1.165) is 17.7 Å². The second kappa shape index (κ2) is 6.67. The van der Waals surface area contributed by atoms with Crippen molar-refractivity contribution in [3.05, 3.63) is 34.1 Å². The number of nitrogens with zero attached hydrogens (tertiary/aromatic N) is 2. The Morgan fingerprint density at radius 3 is 2.90 bits per heavy atom. The maximum Gasteiger partial charge on any atom is 0.243 e. The molecule has 0 unspecified atom stereocenters. The van der Waals surface area contributed by atoms with E-state index in [1.807, 2.05) is 6.92 Å². The minimum absolute atomic E-state index is 0.0275. The summed E-state index contributed by atoms with van der Waals surface area (Å²) in [6.07, 6.45) is 1.72. The highest BCUT2D eigenvalue weighted by Crippen LogP contribution is 2.21. The lowest BCUT2D eigenvalue weighted by Crippen LogP contribution is -2.32. The first-order valence-electron chi connectivity index (χ1n) is 6.40. The number of halogens is 2. The van der Waals surface area contributed by atoms with Gasteiger partial charge in [-0.2, -0.15) is 5.10 Å². The molecule has 1 amide bonds. The Morgan fingerprint density at radius 1 is 1.40 bits per heavy atom. The van der Waals surface area contributed by atoms with Gasteiger partial charge in [0.2, 0.25) is 5.91 Å². The van der Waals surface area contributed by atoms with Gasteiger partial charge in [0.05, 0.1) is 10.2 Å². The molecule has 3 nitrogen and oxygen atoms in total. The fourth-order valence-corrected chi connectivity index (χ4v) is 2.24. The Morgan fingerprint density at radius 2 is 2.20 bits per heavy atom. The van der Waals surface area contributed by atoms with Gasteiger partial charge in [0, 0.05) is 19.3 Å². The summed E-state index contributed by atoms with van der Waals surface area (Å²) in [5.74, 6) is 5.48. The highest BCUT2D eigenvalue weighted by Gasteiger charge is 2.20. The Kier molecular flexibility index (Phi) is 4.91. The van der Waals surface area contributed by atoms with Gasteiger partial charge in [-0.05, 0) is 33.6 Å². The third-order valence-electron chi connectivity index (χ3n) is 2.89. The van der Waals surface area contributed by atoms with Gasteiger partial charge in [0.15, 0.2) is 0 Å². The predicted molar refractivity (Wildman–Crippen MR) is 79.7 cm³/mol. The van der Waals surface area contributed by atoms with Crippen LogP contribution in [-0.4, -0.2) is 23.2 Å². The van der Waals surface area contributed by atoms with E-state index in [1.54, 1.807) is 12.1 Å². The molecule has 0 saturated heterocycles. The topological polar surface area (TPSA) is 32.7 Å². The summed E-state index contributed by atoms with van der Waals surface area (Å²) in [5.41, 5.74) is 1.60. The number of hydrogen-bond acceptors (Lipinski definition) is 2. The molecule has 1 heterocycles. The summed E-state index contributed by atoms with van der Waals surface area (Å²) in [6.45, 7) is 2.26. The van der Waals surface area contributed by atoms with Gasteiger partial charge >= 0.3 is 0 Å². The fourth-order valence-electron chi connectivity index (χ4n) is 1.86. The van der Waals surface area contributed by atoms with Gasteiger partial charge in [-0.15, -0.1) is 5.92 Å². The zero-order chi connectivity index (χ0) is 14.5. The number of rotatable bonds is 2. The number of carbonyl (C=O) groups is 1. The number of amides is 1. The van der Waals surface area contributed by atoms with Crippen molar-refractivity contribution < 1.29 is 9.18 Å².